The third kappa shape index (κ3) is 19.1. The van der Waals surface area contributed by atoms with Crippen molar-refractivity contribution in [3.8, 4) is 0 Å². The van der Waals surface area contributed by atoms with Gasteiger partial charge in [-0.25, -0.2) is 4.39 Å². The monoisotopic (exact) mass is 302 g/mol. The first-order chi connectivity index (χ1) is 8.53. The number of ketones is 3. The van der Waals surface area contributed by atoms with E-state index in [9.17, 15) is 31.9 Å². The SMILES string of the molecule is CC(=O)C(C)(C)F.CC(=O)C(C)C.CC(=O)C(F)(F)F. The maximum atomic E-state index is 12.2. The quantitative estimate of drug-likeness (QED) is 0.731. The summed E-state index contributed by atoms with van der Waals surface area (Å²) in [6.07, 6.45) is -4.64. The Morgan fingerprint density at radius 1 is 0.800 bits per heavy atom. The molecule has 0 aromatic rings. The maximum absolute atomic E-state index is 12.2. The molecule has 0 rings (SSSR count). The van der Waals surface area contributed by atoms with Crippen LogP contribution < -0.4 is 0 Å². The number of alkyl halides is 4. The lowest BCUT2D eigenvalue weighted by Crippen LogP contribution is -2.22. The average molecular weight is 302 g/mol. The Labute approximate surface area is 116 Å². The predicted molar refractivity (Wildman–Crippen MR) is 68.1 cm³/mol. The molecule has 20 heavy (non-hydrogen) atoms. The van der Waals surface area contributed by atoms with Crippen LogP contribution in [0.5, 0.6) is 0 Å². The van der Waals surface area contributed by atoms with Gasteiger partial charge in [0.1, 0.15) is 5.78 Å². The lowest BCUT2D eigenvalue weighted by Gasteiger charge is -2.06. The normalized spacial score (nSPS) is 10.8. The van der Waals surface area contributed by atoms with Crippen LogP contribution in [0.1, 0.15) is 48.5 Å². The standard InChI is InChI=1S/C5H9FO.C5H10O.C3H3F3O/c1-4(7)5(2,3)6;1-4(2)5(3)6;1-2(7)3(4,5)6/h1-3H3;4H,1-3H3;1H3. The van der Waals surface area contributed by atoms with Crippen molar-refractivity contribution in [2.75, 3.05) is 0 Å². The molecule has 0 spiro atoms. The van der Waals surface area contributed by atoms with Gasteiger partial charge in [-0.05, 0) is 27.7 Å². The first-order valence-electron chi connectivity index (χ1n) is 5.81. The van der Waals surface area contributed by atoms with Crippen LogP contribution in [-0.2, 0) is 14.4 Å². The molecule has 0 radical (unpaired) electrons. The molecule has 120 valence electrons. The maximum Gasteiger partial charge on any atom is 0.449 e. The van der Waals surface area contributed by atoms with E-state index in [1.807, 2.05) is 13.8 Å². The van der Waals surface area contributed by atoms with E-state index in [4.69, 9.17) is 0 Å². The van der Waals surface area contributed by atoms with Crippen LogP contribution in [0.3, 0.4) is 0 Å². The van der Waals surface area contributed by atoms with Gasteiger partial charge in [-0.1, -0.05) is 13.8 Å². The molecule has 7 heteroatoms. The van der Waals surface area contributed by atoms with E-state index in [-0.39, 0.29) is 11.7 Å². The predicted octanol–water partition coefficient (Wildman–Crippen LogP) is 3.69. The summed E-state index contributed by atoms with van der Waals surface area (Å²) in [5.74, 6) is -1.71. The van der Waals surface area contributed by atoms with Gasteiger partial charge in [0.05, 0.1) is 0 Å². The highest BCUT2D eigenvalue weighted by Crippen LogP contribution is 2.14. The van der Waals surface area contributed by atoms with Crippen molar-refractivity contribution >= 4 is 17.3 Å². The minimum atomic E-state index is -4.64. The zero-order valence-electron chi connectivity index (χ0n) is 12.8. The molecule has 0 aliphatic rings. The molecule has 0 aromatic heterocycles. The van der Waals surface area contributed by atoms with Crippen LogP contribution in [0.4, 0.5) is 17.6 Å². The summed E-state index contributed by atoms with van der Waals surface area (Å²) >= 11 is 0. The van der Waals surface area contributed by atoms with E-state index in [1.165, 1.54) is 20.8 Å². The Kier molecular flexibility index (Phi) is 11.4. The number of Topliss-reactive ketones (excluding diaryl/α,β-unsaturated/α-hetero) is 3. The highest BCUT2D eigenvalue weighted by atomic mass is 19.4. The van der Waals surface area contributed by atoms with E-state index < -0.39 is 23.4 Å². The van der Waals surface area contributed by atoms with E-state index in [0.29, 0.717) is 6.92 Å². The van der Waals surface area contributed by atoms with E-state index >= 15 is 0 Å². The lowest BCUT2D eigenvalue weighted by atomic mass is 10.1. The molecule has 3 nitrogen and oxygen atoms in total. The zero-order chi connectivity index (χ0) is 17.3. The fraction of sp³-hybridized carbons (Fsp3) is 0.769. The van der Waals surface area contributed by atoms with Gasteiger partial charge in [-0.2, -0.15) is 13.2 Å². The summed E-state index contributed by atoms with van der Waals surface area (Å²) in [5.41, 5.74) is -1.64. The highest BCUT2D eigenvalue weighted by Gasteiger charge is 2.33. The molecular weight excluding hydrogens is 280 g/mol. The average Bonchev–Trinajstić information content (AvgIpc) is 2.15. The lowest BCUT2D eigenvalue weighted by molar-refractivity contribution is -0.168. The summed E-state index contributed by atoms with van der Waals surface area (Å²) in [4.78, 5) is 29.6. The fourth-order valence-electron chi connectivity index (χ4n) is 0. The van der Waals surface area contributed by atoms with Crippen LogP contribution in [0.15, 0.2) is 0 Å². The molecule has 0 heterocycles. The molecule has 0 amide bonds. The number of hydrogen-bond donors (Lipinski definition) is 0. The fourth-order valence-corrected chi connectivity index (χ4v) is 0. The van der Waals surface area contributed by atoms with Crippen LogP contribution in [-0.4, -0.2) is 29.2 Å². The summed E-state index contributed by atoms with van der Waals surface area (Å²) in [5, 5.41) is 0. The van der Waals surface area contributed by atoms with Crippen molar-refractivity contribution in [2.24, 2.45) is 5.92 Å². The summed E-state index contributed by atoms with van der Waals surface area (Å²) in [7, 11) is 0. The van der Waals surface area contributed by atoms with Gasteiger partial charge in [-0.3, -0.25) is 14.4 Å². The van der Waals surface area contributed by atoms with Crippen LogP contribution >= 0.6 is 0 Å². The molecule has 0 atom stereocenters. The molecule has 0 unspecified atom stereocenters. The minimum absolute atomic E-state index is 0.213. The van der Waals surface area contributed by atoms with E-state index in [1.54, 1.807) is 6.92 Å². The van der Waals surface area contributed by atoms with Gasteiger partial charge in [0.15, 0.2) is 11.5 Å². The zero-order valence-corrected chi connectivity index (χ0v) is 12.8. The van der Waals surface area contributed by atoms with Gasteiger partial charge in [0.2, 0.25) is 5.78 Å². The van der Waals surface area contributed by atoms with Crippen LogP contribution in [0.25, 0.3) is 0 Å². The second-order valence-corrected chi connectivity index (χ2v) is 4.85. The first kappa shape index (κ1) is 23.8. The minimum Gasteiger partial charge on any atom is -0.300 e. The van der Waals surface area contributed by atoms with Crippen molar-refractivity contribution in [3.63, 3.8) is 0 Å². The van der Waals surface area contributed by atoms with Crippen LogP contribution in [0, 0.1) is 5.92 Å². The second kappa shape index (κ2) is 9.61. The highest BCUT2D eigenvalue weighted by molar-refractivity contribution is 5.83. The Balaban J connectivity index is -0.000000218. The molecular formula is C13H22F4O3. The van der Waals surface area contributed by atoms with Crippen molar-refractivity contribution < 1.29 is 31.9 Å². The van der Waals surface area contributed by atoms with Crippen molar-refractivity contribution in [3.05, 3.63) is 0 Å². The molecule has 0 fully saturated rings. The van der Waals surface area contributed by atoms with Crippen molar-refractivity contribution in [2.45, 2.75) is 60.3 Å². The smallest absolute Gasteiger partial charge is 0.300 e. The van der Waals surface area contributed by atoms with Gasteiger partial charge >= 0.3 is 6.18 Å². The Morgan fingerprint density at radius 2 is 0.950 bits per heavy atom. The summed E-state index contributed by atoms with van der Waals surface area (Å²) < 4.78 is 44.6. The molecule has 0 saturated heterocycles. The molecule has 0 aliphatic carbocycles. The van der Waals surface area contributed by atoms with Gasteiger partial charge in [-0.15, -0.1) is 0 Å². The number of carbonyl (C=O) groups is 3. The van der Waals surface area contributed by atoms with Crippen molar-refractivity contribution in [1.29, 1.82) is 0 Å². The number of carbonyl (C=O) groups excluding carboxylic acids is 3. The largest absolute Gasteiger partial charge is 0.449 e. The first-order valence-corrected chi connectivity index (χ1v) is 5.81. The van der Waals surface area contributed by atoms with E-state index in [2.05, 4.69) is 0 Å². The second-order valence-electron chi connectivity index (χ2n) is 4.85. The van der Waals surface area contributed by atoms with Gasteiger partial charge in [0.25, 0.3) is 0 Å². The molecule has 0 aromatic carbocycles. The molecule has 0 bridgehead atoms. The van der Waals surface area contributed by atoms with Crippen LogP contribution in [0.2, 0.25) is 0 Å². The summed E-state index contributed by atoms with van der Waals surface area (Å²) in [6.45, 7) is 9.60. The topological polar surface area (TPSA) is 51.2 Å². The number of rotatable bonds is 2. The Morgan fingerprint density at radius 3 is 0.950 bits per heavy atom. The Bertz CT molecular complexity index is 301. The third-order valence-electron chi connectivity index (χ3n) is 2.05. The molecule has 0 aliphatic heterocycles. The Hall–Kier alpha value is -1.27. The van der Waals surface area contributed by atoms with Crippen molar-refractivity contribution in [1.82, 2.24) is 0 Å². The molecule has 0 N–H and O–H groups in total. The van der Waals surface area contributed by atoms with Gasteiger partial charge < -0.3 is 0 Å². The van der Waals surface area contributed by atoms with E-state index in [0.717, 1.165) is 0 Å². The molecule has 0 saturated carbocycles. The number of hydrogen-bond acceptors (Lipinski definition) is 3. The number of halogens is 4. The van der Waals surface area contributed by atoms with Gasteiger partial charge in [0, 0.05) is 12.8 Å². The summed E-state index contributed by atoms with van der Waals surface area (Å²) in [6, 6.07) is 0. The third-order valence-corrected chi connectivity index (χ3v) is 2.05.